The molecule has 3 aliphatic rings. The number of thioether (sulfide) groups is 1. The van der Waals surface area contributed by atoms with E-state index >= 15 is 0 Å². The molecule has 0 aromatic carbocycles. The summed E-state index contributed by atoms with van der Waals surface area (Å²) in [6.45, 7) is 4.54. The van der Waals surface area contributed by atoms with E-state index in [1.807, 2.05) is 4.90 Å². The van der Waals surface area contributed by atoms with Gasteiger partial charge in [0.1, 0.15) is 11.6 Å². The molecule has 0 aromatic rings. The van der Waals surface area contributed by atoms with Crippen LogP contribution in [-0.2, 0) is 9.59 Å². The van der Waals surface area contributed by atoms with Crippen LogP contribution in [0, 0.1) is 28.6 Å². The van der Waals surface area contributed by atoms with E-state index in [4.69, 9.17) is 5.41 Å². The first-order valence-electron chi connectivity index (χ1n) is 8.12. The molecule has 4 unspecified atom stereocenters. The van der Waals surface area contributed by atoms with Crippen LogP contribution in [0.5, 0.6) is 0 Å². The van der Waals surface area contributed by atoms with Crippen LogP contribution in [0.1, 0.15) is 20.3 Å². The Kier molecular flexibility index (Phi) is 4.51. The van der Waals surface area contributed by atoms with Gasteiger partial charge in [-0.1, -0.05) is 0 Å². The number of amidine groups is 1. The van der Waals surface area contributed by atoms with Crippen LogP contribution in [0.25, 0.3) is 0 Å². The zero-order valence-electron chi connectivity index (χ0n) is 14.0. The van der Waals surface area contributed by atoms with Crippen molar-refractivity contribution in [3.05, 3.63) is 10.6 Å². The van der Waals surface area contributed by atoms with Gasteiger partial charge in [0.2, 0.25) is 5.91 Å². The van der Waals surface area contributed by atoms with E-state index in [-0.39, 0.29) is 10.9 Å². The number of aliphatic carboxylic acids is 1. The van der Waals surface area contributed by atoms with Crippen LogP contribution >= 0.6 is 11.8 Å². The fourth-order valence-corrected chi connectivity index (χ4v) is 5.31. The Morgan fingerprint density at radius 1 is 1.52 bits per heavy atom. The van der Waals surface area contributed by atoms with Crippen molar-refractivity contribution in [3.8, 4) is 6.07 Å². The van der Waals surface area contributed by atoms with Crippen molar-refractivity contribution in [1.82, 2.24) is 9.80 Å². The third-order valence-corrected chi connectivity index (χ3v) is 6.48. The van der Waals surface area contributed by atoms with Crippen LogP contribution in [0.4, 0.5) is 0 Å². The lowest BCUT2D eigenvalue weighted by Gasteiger charge is -2.45. The number of carboxylic acid groups (broad SMARTS) is 1. The Bertz CT molecular complexity index is 713. The number of nitrogens with one attached hydrogen (secondary N) is 1. The second-order valence-electron chi connectivity index (χ2n) is 6.65. The van der Waals surface area contributed by atoms with Crippen LogP contribution in [-0.4, -0.2) is 68.2 Å². The standard InChI is InChI=1S/C16H20N4O4S/c1-7(21)11-12-10(5-17)14(13(16(23)24)20(12)15(11)22)25-9-3-4-19(6-9)8(2)18/h7,9-12,18,21H,3-4,6H2,1-2H3,(H,23,24)/t7?,9?,10?,11?,12-/m1/s1. The fourth-order valence-electron chi connectivity index (χ4n) is 3.84. The first kappa shape index (κ1) is 17.8. The predicted molar refractivity (Wildman–Crippen MR) is 90.5 cm³/mol. The quantitative estimate of drug-likeness (QED) is 0.375. The number of nitrogens with zero attached hydrogens (tertiary/aromatic N) is 3. The summed E-state index contributed by atoms with van der Waals surface area (Å²) >= 11 is 1.33. The second kappa shape index (κ2) is 6.35. The molecule has 8 nitrogen and oxygen atoms in total. The van der Waals surface area contributed by atoms with Crippen molar-refractivity contribution in [1.29, 1.82) is 10.7 Å². The van der Waals surface area contributed by atoms with E-state index < -0.39 is 35.9 Å². The Balaban J connectivity index is 1.89. The SMILES string of the molecule is CC(=N)N1CCC(SC2=C(C(=O)O)N3C(=O)C(C(C)O)[C@H]3C2C#N)C1. The summed E-state index contributed by atoms with van der Waals surface area (Å²) < 4.78 is 0. The Morgan fingerprint density at radius 3 is 2.68 bits per heavy atom. The number of β-lactam (4-membered cyclic amide) rings is 1. The van der Waals surface area contributed by atoms with Crippen molar-refractivity contribution in [3.63, 3.8) is 0 Å². The molecule has 0 bridgehead atoms. The maximum Gasteiger partial charge on any atom is 0.353 e. The van der Waals surface area contributed by atoms with Crippen molar-refractivity contribution in [2.45, 2.75) is 37.7 Å². The maximum atomic E-state index is 12.3. The molecule has 0 spiro atoms. The summed E-state index contributed by atoms with van der Waals surface area (Å²) in [7, 11) is 0. The van der Waals surface area contributed by atoms with Gasteiger partial charge in [0.25, 0.3) is 0 Å². The number of fused-ring (bicyclic) bond motifs is 1. The van der Waals surface area contributed by atoms with Crippen molar-refractivity contribution >= 4 is 29.5 Å². The average Bonchev–Trinajstić information content (AvgIpc) is 3.08. The number of carbonyl (C=O) groups is 2. The molecule has 134 valence electrons. The second-order valence-corrected chi connectivity index (χ2v) is 7.99. The van der Waals surface area contributed by atoms with E-state index in [0.717, 1.165) is 13.0 Å². The molecule has 3 N–H and O–H groups in total. The van der Waals surface area contributed by atoms with Crippen molar-refractivity contribution < 1.29 is 19.8 Å². The molecule has 3 rings (SSSR count). The van der Waals surface area contributed by atoms with Crippen LogP contribution in [0.15, 0.2) is 10.6 Å². The van der Waals surface area contributed by atoms with E-state index in [1.54, 1.807) is 6.92 Å². The van der Waals surface area contributed by atoms with Gasteiger partial charge >= 0.3 is 5.97 Å². The van der Waals surface area contributed by atoms with Gasteiger partial charge in [-0.3, -0.25) is 15.1 Å². The number of rotatable bonds is 4. The molecule has 9 heteroatoms. The molecule has 0 radical (unpaired) electrons. The van der Waals surface area contributed by atoms with Crippen LogP contribution in [0.2, 0.25) is 0 Å². The normalized spacial score (nSPS) is 32.3. The van der Waals surface area contributed by atoms with E-state index in [1.165, 1.54) is 23.6 Å². The molecule has 0 aromatic heterocycles. The van der Waals surface area contributed by atoms with Gasteiger partial charge < -0.3 is 15.1 Å². The first-order valence-corrected chi connectivity index (χ1v) is 9.00. The first-order chi connectivity index (χ1) is 11.8. The number of hydrogen-bond acceptors (Lipinski definition) is 6. The lowest BCUT2D eigenvalue weighted by atomic mass is 9.79. The molecule has 0 aliphatic carbocycles. The fraction of sp³-hybridized carbons (Fsp3) is 0.625. The number of carboxylic acids is 1. The molecule has 5 atom stereocenters. The molecule has 3 aliphatic heterocycles. The third-order valence-electron chi connectivity index (χ3n) is 5.06. The van der Waals surface area contributed by atoms with Crippen LogP contribution < -0.4 is 0 Å². The number of likely N-dealkylation sites (tertiary alicyclic amines) is 1. The molecule has 3 heterocycles. The van der Waals surface area contributed by atoms with Gasteiger partial charge in [-0.05, 0) is 20.3 Å². The summed E-state index contributed by atoms with van der Waals surface area (Å²) in [5.74, 6) is -2.66. The minimum absolute atomic E-state index is 0.0688. The zero-order valence-corrected chi connectivity index (χ0v) is 14.8. The number of aliphatic hydroxyl groups is 1. The van der Waals surface area contributed by atoms with E-state index in [9.17, 15) is 25.1 Å². The highest BCUT2D eigenvalue weighted by atomic mass is 32.2. The van der Waals surface area contributed by atoms with Gasteiger partial charge in [0, 0.05) is 23.2 Å². The highest BCUT2D eigenvalue weighted by molar-refractivity contribution is 8.03. The topological polar surface area (TPSA) is 129 Å². The molecule has 1 amide bonds. The summed E-state index contributed by atoms with van der Waals surface area (Å²) in [5.41, 5.74) is -0.117. The van der Waals surface area contributed by atoms with Gasteiger partial charge in [-0.2, -0.15) is 5.26 Å². The van der Waals surface area contributed by atoms with Gasteiger partial charge in [-0.15, -0.1) is 11.8 Å². The Hall–Kier alpha value is -2.05. The van der Waals surface area contributed by atoms with E-state index in [2.05, 4.69) is 6.07 Å². The van der Waals surface area contributed by atoms with Gasteiger partial charge in [0.15, 0.2) is 0 Å². The minimum Gasteiger partial charge on any atom is -0.477 e. The Labute approximate surface area is 149 Å². The maximum absolute atomic E-state index is 12.3. The minimum atomic E-state index is -1.22. The highest BCUT2D eigenvalue weighted by Crippen LogP contribution is 2.51. The monoisotopic (exact) mass is 364 g/mol. The number of amides is 1. The number of aliphatic hydroxyl groups excluding tert-OH is 1. The predicted octanol–water partition coefficient (Wildman–Crippen LogP) is 0.448. The summed E-state index contributed by atoms with van der Waals surface area (Å²) in [4.78, 5) is 27.5. The molecule has 2 fully saturated rings. The summed E-state index contributed by atoms with van der Waals surface area (Å²) in [6.07, 6.45) is -0.139. The van der Waals surface area contributed by atoms with Crippen molar-refractivity contribution in [2.24, 2.45) is 11.8 Å². The summed E-state index contributed by atoms with van der Waals surface area (Å²) in [6, 6.07) is 1.54. The molecule has 0 saturated carbocycles. The molecule has 25 heavy (non-hydrogen) atoms. The Morgan fingerprint density at radius 2 is 2.20 bits per heavy atom. The number of carbonyl (C=O) groups excluding carboxylic acids is 1. The summed E-state index contributed by atoms with van der Waals surface area (Å²) in [5, 5.41) is 36.8. The number of hydrogen-bond donors (Lipinski definition) is 3. The van der Waals surface area contributed by atoms with E-state index in [0.29, 0.717) is 17.3 Å². The lowest BCUT2D eigenvalue weighted by molar-refractivity contribution is -0.162. The average molecular weight is 364 g/mol. The van der Waals surface area contributed by atoms with Gasteiger partial charge in [-0.25, -0.2) is 4.79 Å². The number of nitriles is 1. The smallest absolute Gasteiger partial charge is 0.353 e. The lowest BCUT2D eigenvalue weighted by Crippen LogP contribution is -2.63. The molecule has 2 saturated heterocycles. The van der Waals surface area contributed by atoms with Gasteiger partial charge in [0.05, 0.1) is 30.0 Å². The third kappa shape index (κ3) is 2.69. The molecular formula is C16H20N4O4S. The molecular weight excluding hydrogens is 344 g/mol. The largest absolute Gasteiger partial charge is 0.477 e. The van der Waals surface area contributed by atoms with Crippen molar-refractivity contribution in [2.75, 3.05) is 13.1 Å². The van der Waals surface area contributed by atoms with Crippen LogP contribution in [0.3, 0.4) is 0 Å². The zero-order chi connectivity index (χ0) is 18.5. The highest BCUT2D eigenvalue weighted by Gasteiger charge is 2.61.